The molecule has 0 saturated heterocycles. The second-order valence-corrected chi connectivity index (χ2v) is 5.05. The molecule has 1 amide bonds. The van der Waals surface area contributed by atoms with Crippen LogP contribution in [0.5, 0.6) is 5.75 Å². The molecule has 1 aromatic carbocycles. The van der Waals surface area contributed by atoms with Gasteiger partial charge < -0.3 is 15.3 Å². The van der Waals surface area contributed by atoms with Gasteiger partial charge in [0.2, 0.25) is 5.91 Å². The Morgan fingerprint density at radius 3 is 2.81 bits per heavy atom. The molecule has 0 spiro atoms. The van der Waals surface area contributed by atoms with Crippen LogP contribution in [0, 0.1) is 0 Å². The Labute approximate surface area is 124 Å². The molecule has 0 aliphatic heterocycles. The Balaban J connectivity index is 2.03. The molecule has 2 aromatic rings. The van der Waals surface area contributed by atoms with Gasteiger partial charge in [0.05, 0.1) is 18.8 Å². The smallest absolute Gasteiger partial charge is 0.234 e. The maximum Gasteiger partial charge on any atom is 0.234 e. The molecule has 0 fully saturated rings. The maximum atomic E-state index is 11.4. The van der Waals surface area contributed by atoms with E-state index in [0.717, 1.165) is 11.3 Å². The second kappa shape index (κ2) is 6.95. The van der Waals surface area contributed by atoms with E-state index in [1.54, 1.807) is 31.4 Å². The minimum absolute atomic E-state index is 0.244. The first-order valence-corrected chi connectivity index (χ1v) is 6.90. The monoisotopic (exact) mass is 288 g/mol. The minimum Gasteiger partial charge on any atom is -0.508 e. The molecule has 0 saturated carbocycles. The summed E-state index contributed by atoms with van der Waals surface area (Å²) >= 11 is 0. The van der Waals surface area contributed by atoms with Crippen molar-refractivity contribution in [3.8, 4) is 5.75 Å². The highest BCUT2D eigenvalue weighted by Gasteiger charge is 2.19. The Morgan fingerprint density at radius 1 is 1.38 bits per heavy atom. The van der Waals surface area contributed by atoms with Gasteiger partial charge >= 0.3 is 0 Å². The van der Waals surface area contributed by atoms with Gasteiger partial charge in [0.25, 0.3) is 0 Å². The molecule has 1 heterocycles. The molecule has 0 radical (unpaired) electrons. The standard InChI is InChI=1S/C16H20N2O3/c1-12(16(17)20)18(11-15-6-3-9-21-15)8-7-13-4-2-5-14(19)10-13/h2-6,9-10,12,19H,7-8,11H2,1H3,(H2,17,20). The van der Waals surface area contributed by atoms with Gasteiger partial charge in [-0.05, 0) is 43.2 Å². The van der Waals surface area contributed by atoms with E-state index in [1.165, 1.54) is 0 Å². The Hall–Kier alpha value is -2.27. The van der Waals surface area contributed by atoms with Crippen LogP contribution in [0.25, 0.3) is 0 Å². The van der Waals surface area contributed by atoms with E-state index >= 15 is 0 Å². The average Bonchev–Trinajstić information content (AvgIpc) is 2.95. The van der Waals surface area contributed by atoms with Crippen molar-refractivity contribution in [2.45, 2.75) is 25.9 Å². The number of hydrogen-bond acceptors (Lipinski definition) is 4. The lowest BCUT2D eigenvalue weighted by atomic mass is 10.1. The first kappa shape index (κ1) is 15.1. The van der Waals surface area contributed by atoms with Crippen LogP contribution >= 0.6 is 0 Å². The minimum atomic E-state index is -0.382. The van der Waals surface area contributed by atoms with Gasteiger partial charge in [-0.1, -0.05) is 12.1 Å². The molecule has 112 valence electrons. The van der Waals surface area contributed by atoms with Crippen molar-refractivity contribution in [1.29, 1.82) is 0 Å². The normalized spacial score (nSPS) is 12.5. The number of nitrogens with zero attached hydrogens (tertiary/aromatic N) is 1. The summed E-state index contributed by atoms with van der Waals surface area (Å²) in [6.45, 7) is 2.96. The van der Waals surface area contributed by atoms with E-state index in [2.05, 4.69) is 0 Å². The van der Waals surface area contributed by atoms with Gasteiger partial charge in [0, 0.05) is 6.54 Å². The Bertz CT molecular complexity index is 581. The molecule has 1 aromatic heterocycles. The molecular weight excluding hydrogens is 268 g/mol. The summed E-state index contributed by atoms with van der Waals surface area (Å²) < 4.78 is 5.33. The van der Waals surface area contributed by atoms with Gasteiger partial charge in [-0.25, -0.2) is 0 Å². The van der Waals surface area contributed by atoms with Crippen LogP contribution in [0.2, 0.25) is 0 Å². The number of rotatable bonds is 7. The van der Waals surface area contributed by atoms with Crippen molar-refractivity contribution >= 4 is 5.91 Å². The molecule has 1 atom stereocenters. The number of amides is 1. The third-order valence-corrected chi connectivity index (χ3v) is 3.50. The van der Waals surface area contributed by atoms with E-state index in [9.17, 15) is 9.90 Å². The van der Waals surface area contributed by atoms with E-state index < -0.39 is 0 Å². The van der Waals surface area contributed by atoms with Gasteiger partial charge in [-0.3, -0.25) is 9.69 Å². The highest BCUT2D eigenvalue weighted by atomic mass is 16.3. The molecule has 3 N–H and O–H groups in total. The summed E-state index contributed by atoms with van der Waals surface area (Å²) in [6.07, 6.45) is 2.32. The van der Waals surface area contributed by atoms with Crippen molar-refractivity contribution in [2.24, 2.45) is 5.73 Å². The van der Waals surface area contributed by atoms with E-state index in [1.807, 2.05) is 23.1 Å². The van der Waals surface area contributed by atoms with Gasteiger partial charge in [0.1, 0.15) is 11.5 Å². The molecule has 5 nitrogen and oxygen atoms in total. The third-order valence-electron chi connectivity index (χ3n) is 3.50. The van der Waals surface area contributed by atoms with Gasteiger partial charge in [0.15, 0.2) is 0 Å². The quantitative estimate of drug-likeness (QED) is 0.815. The fourth-order valence-corrected chi connectivity index (χ4v) is 2.18. The summed E-state index contributed by atoms with van der Waals surface area (Å²) in [5, 5.41) is 9.48. The molecule has 0 aliphatic carbocycles. The third kappa shape index (κ3) is 4.36. The van der Waals surface area contributed by atoms with Gasteiger partial charge in [-0.2, -0.15) is 0 Å². The SMILES string of the molecule is CC(C(N)=O)N(CCc1cccc(O)c1)Cc1ccco1. The van der Waals surface area contributed by atoms with E-state index in [4.69, 9.17) is 10.2 Å². The fourth-order valence-electron chi connectivity index (χ4n) is 2.18. The molecule has 5 heteroatoms. The summed E-state index contributed by atoms with van der Waals surface area (Å²) in [5.74, 6) is 0.671. The first-order valence-electron chi connectivity index (χ1n) is 6.90. The number of aromatic hydroxyl groups is 1. The molecule has 21 heavy (non-hydrogen) atoms. The summed E-state index contributed by atoms with van der Waals surface area (Å²) in [4.78, 5) is 13.4. The van der Waals surface area contributed by atoms with Crippen molar-refractivity contribution in [3.63, 3.8) is 0 Å². The number of phenols is 1. The summed E-state index contributed by atoms with van der Waals surface area (Å²) in [5.41, 5.74) is 6.42. The molecule has 0 bridgehead atoms. The van der Waals surface area contributed by atoms with Crippen LogP contribution in [0.15, 0.2) is 47.1 Å². The summed E-state index contributed by atoms with van der Waals surface area (Å²) in [6, 6.07) is 10.4. The highest BCUT2D eigenvalue weighted by Crippen LogP contribution is 2.14. The zero-order chi connectivity index (χ0) is 15.2. The number of furan rings is 1. The van der Waals surface area contributed by atoms with Crippen LogP contribution in [0.4, 0.5) is 0 Å². The second-order valence-electron chi connectivity index (χ2n) is 5.05. The number of carbonyl (C=O) groups excluding carboxylic acids is 1. The number of nitrogens with two attached hydrogens (primary N) is 1. The predicted octanol–water partition coefficient (Wildman–Crippen LogP) is 1.90. The predicted molar refractivity (Wildman–Crippen MR) is 79.6 cm³/mol. The lowest BCUT2D eigenvalue weighted by molar-refractivity contribution is -0.122. The number of hydrogen-bond donors (Lipinski definition) is 2. The van der Waals surface area contributed by atoms with Crippen molar-refractivity contribution in [2.75, 3.05) is 6.54 Å². The number of phenolic OH excluding ortho intramolecular Hbond substituents is 1. The zero-order valence-electron chi connectivity index (χ0n) is 12.0. The van der Waals surface area contributed by atoms with E-state index in [-0.39, 0.29) is 17.7 Å². The van der Waals surface area contributed by atoms with Crippen LogP contribution in [0.3, 0.4) is 0 Å². The molecule has 0 aliphatic rings. The lowest BCUT2D eigenvalue weighted by Gasteiger charge is -2.26. The average molecular weight is 288 g/mol. The Morgan fingerprint density at radius 2 is 2.19 bits per heavy atom. The maximum absolute atomic E-state index is 11.4. The van der Waals surface area contributed by atoms with Crippen LogP contribution in [-0.4, -0.2) is 28.5 Å². The molecular formula is C16H20N2O3. The van der Waals surface area contributed by atoms with E-state index in [0.29, 0.717) is 19.5 Å². The molecule has 2 rings (SSSR count). The van der Waals surface area contributed by atoms with Crippen LogP contribution in [-0.2, 0) is 17.8 Å². The highest BCUT2D eigenvalue weighted by molar-refractivity contribution is 5.79. The molecule has 1 unspecified atom stereocenters. The lowest BCUT2D eigenvalue weighted by Crippen LogP contribution is -2.43. The van der Waals surface area contributed by atoms with Crippen molar-refractivity contribution < 1.29 is 14.3 Å². The number of benzene rings is 1. The topological polar surface area (TPSA) is 79.7 Å². The van der Waals surface area contributed by atoms with Crippen molar-refractivity contribution in [1.82, 2.24) is 4.90 Å². The fraction of sp³-hybridized carbons (Fsp3) is 0.312. The van der Waals surface area contributed by atoms with Gasteiger partial charge in [-0.15, -0.1) is 0 Å². The first-order chi connectivity index (χ1) is 10.1. The zero-order valence-corrected chi connectivity index (χ0v) is 12.0. The Kier molecular flexibility index (Phi) is 5.00. The summed E-state index contributed by atoms with van der Waals surface area (Å²) in [7, 11) is 0. The number of primary amides is 1. The van der Waals surface area contributed by atoms with Crippen LogP contribution < -0.4 is 5.73 Å². The van der Waals surface area contributed by atoms with Crippen molar-refractivity contribution in [3.05, 3.63) is 54.0 Å². The largest absolute Gasteiger partial charge is 0.508 e. The number of carbonyl (C=O) groups is 1. The van der Waals surface area contributed by atoms with Crippen LogP contribution in [0.1, 0.15) is 18.2 Å².